The molecule has 0 radical (unpaired) electrons. The maximum atomic E-state index is 12.9. The molecular formula is C23H26F3NO. The summed E-state index contributed by atoms with van der Waals surface area (Å²) in [6, 6.07) is 13.7. The lowest BCUT2D eigenvalue weighted by molar-refractivity contribution is -0.137. The van der Waals surface area contributed by atoms with Gasteiger partial charge in [0, 0.05) is 19.6 Å². The van der Waals surface area contributed by atoms with Crippen molar-refractivity contribution in [3.8, 4) is 0 Å². The molecule has 1 saturated heterocycles. The Morgan fingerprint density at radius 2 is 1.71 bits per heavy atom. The van der Waals surface area contributed by atoms with E-state index >= 15 is 0 Å². The van der Waals surface area contributed by atoms with Crippen LogP contribution in [0.3, 0.4) is 0 Å². The molecule has 0 bridgehead atoms. The zero-order valence-corrected chi connectivity index (χ0v) is 16.0. The fourth-order valence-electron chi connectivity index (χ4n) is 5.14. The highest BCUT2D eigenvalue weighted by molar-refractivity contribution is 5.33. The molecule has 1 heterocycles. The van der Waals surface area contributed by atoms with E-state index in [1.807, 2.05) is 31.2 Å². The molecule has 0 spiro atoms. The first-order chi connectivity index (χ1) is 13.2. The average Bonchev–Trinajstić information content (AvgIpc) is 3.15. The van der Waals surface area contributed by atoms with Gasteiger partial charge in [0.2, 0.25) is 0 Å². The second kappa shape index (κ2) is 7.20. The molecule has 0 aromatic heterocycles. The molecule has 5 heteroatoms. The van der Waals surface area contributed by atoms with Crippen LogP contribution in [-0.2, 0) is 18.2 Å². The van der Waals surface area contributed by atoms with E-state index in [0.717, 1.165) is 55.2 Å². The van der Waals surface area contributed by atoms with Crippen LogP contribution < -0.4 is 0 Å². The van der Waals surface area contributed by atoms with Gasteiger partial charge in [-0.3, -0.25) is 0 Å². The highest BCUT2D eigenvalue weighted by Crippen LogP contribution is 2.49. The Morgan fingerprint density at radius 3 is 2.36 bits per heavy atom. The highest BCUT2D eigenvalue weighted by Gasteiger charge is 2.49. The molecule has 1 unspecified atom stereocenters. The highest BCUT2D eigenvalue weighted by atomic mass is 19.4. The van der Waals surface area contributed by atoms with Gasteiger partial charge in [0.15, 0.2) is 0 Å². The molecule has 28 heavy (non-hydrogen) atoms. The number of aryl methyl sites for hydroxylation is 1. The van der Waals surface area contributed by atoms with Crippen LogP contribution in [0.25, 0.3) is 0 Å². The molecule has 4 rings (SSSR count). The summed E-state index contributed by atoms with van der Waals surface area (Å²) in [7, 11) is 0. The Balaban J connectivity index is 1.35. The number of halogens is 3. The van der Waals surface area contributed by atoms with Crippen molar-refractivity contribution < 1.29 is 18.3 Å². The normalized spacial score (nSPS) is 27.9. The first-order valence-electron chi connectivity index (χ1n) is 9.91. The molecular weight excluding hydrogens is 363 g/mol. The maximum absolute atomic E-state index is 12.9. The predicted octanol–water partition coefficient (Wildman–Crippen LogP) is 4.79. The smallest absolute Gasteiger partial charge is 0.385 e. The van der Waals surface area contributed by atoms with Gasteiger partial charge < -0.3 is 10.0 Å². The van der Waals surface area contributed by atoms with Crippen molar-refractivity contribution in [2.24, 2.45) is 11.8 Å². The van der Waals surface area contributed by atoms with Crippen molar-refractivity contribution in [3.63, 3.8) is 0 Å². The SMILES string of the molecule is Cc1ccccc1C1(O)C[C@H]2CN(CCc3cccc(C(F)(F)F)c3)C[C@H]2C1. The van der Waals surface area contributed by atoms with Crippen molar-refractivity contribution in [2.45, 2.75) is 38.0 Å². The second-order valence-electron chi connectivity index (χ2n) is 8.48. The Hall–Kier alpha value is -1.85. The van der Waals surface area contributed by atoms with Crippen molar-refractivity contribution in [1.29, 1.82) is 0 Å². The molecule has 1 aliphatic heterocycles. The fraction of sp³-hybridized carbons (Fsp3) is 0.478. The van der Waals surface area contributed by atoms with E-state index in [4.69, 9.17) is 0 Å². The third-order valence-electron chi connectivity index (χ3n) is 6.47. The van der Waals surface area contributed by atoms with Gasteiger partial charge in [-0.25, -0.2) is 0 Å². The molecule has 0 amide bonds. The number of rotatable bonds is 4. The molecule has 2 aromatic carbocycles. The minimum atomic E-state index is -4.29. The van der Waals surface area contributed by atoms with Gasteiger partial charge in [-0.2, -0.15) is 13.2 Å². The van der Waals surface area contributed by atoms with Crippen LogP contribution >= 0.6 is 0 Å². The van der Waals surface area contributed by atoms with Crippen molar-refractivity contribution >= 4 is 0 Å². The van der Waals surface area contributed by atoms with Gasteiger partial charge in [-0.1, -0.05) is 42.5 Å². The predicted molar refractivity (Wildman–Crippen MR) is 103 cm³/mol. The summed E-state index contributed by atoms with van der Waals surface area (Å²) in [4.78, 5) is 2.34. The van der Waals surface area contributed by atoms with Gasteiger partial charge in [0.25, 0.3) is 0 Å². The third kappa shape index (κ3) is 3.83. The summed E-state index contributed by atoms with van der Waals surface area (Å²) in [6.07, 6.45) is -2.14. The van der Waals surface area contributed by atoms with Crippen LogP contribution in [0.5, 0.6) is 0 Å². The van der Waals surface area contributed by atoms with Crippen molar-refractivity contribution in [1.82, 2.24) is 4.90 Å². The number of fused-ring (bicyclic) bond motifs is 1. The number of hydrogen-bond donors (Lipinski definition) is 1. The van der Waals surface area contributed by atoms with Crippen LogP contribution in [0.1, 0.15) is 35.1 Å². The summed E-state index contributed by atoms with van der Waals surface area (Å²) in [5, 5.41) is 11.2. The molecule has 1 N–H and O–H groups in total. The van der Waals surface area contributed by atoms with Crippen LogP contribution in [0.4, 0.5) is 13.2 Å². The van der Waals surface area contributed by atoms with Gasteiger partial charge in [-0.05, 0) is 60.8 Å². The van der Waals surface area contributed by atoms with Crippen molar-refractivity contribution in [2.75, 3.05) is 19.6 Å². The molecule has 1 saturated carbocycles. The van der Waals surface area contributed by atoms with Gasteiger partial charge >= 0.3 is 6.18 Å². The minimum Gasteiger partial charge on any atom is -0.385 e. The standard InChI is InChI=1S/C23H26F3NO/c1-16-5-2-3-8-21(16)22(28)12-18-14-27(15-19(18)13-22)10-9-17-6-4-7-20(11-17)23(24,25)26/h2-8,11,18-19,28H,9-10,12-15H2,1H3/t18-,19+,22?. The summed E-state index contributed by atoms with van der Waals surface area (Å²) in [5.74, 6) is 0.900. The van der Waals surface area contributed by atoms with E-state index in [0.29, 0.717) is 18.3 Å². The van der Waals surface area contributed by atoms with Gasteiger partial charge in [-0.15, -0.1) is 0 Å². The third-order valence-corrected chi connectivity index (χ3v) is 6.47. The summed E-state index contributed by atoms with van der Waals surface area (Å²) in [6.45, 7) is 4.63. The summed E-state index contributed by atoms with van der Waals surface area (Å²) >= 11 is 0. The van der Waals surface area contributed by atoms with Crippen LogP contribution in [0, 0.1) is 18.8 Å². The monoisotopic (exact) mass is 389 g/mol. The summed E-state index contributed by atoms with van der Waals surface area (Å²) < 4.78 is 38.6. The molecule has 2 fully saturated rings. The Bertz CT molecular complexity index is 834. The largest absolute Gasteiger partial charge is 0.416 e. The fourth-order valence-corrected chi connectivity index (χ4v) is 5.14. The first kappa shape index (κ1) is 19.5. The number of hydrogen-bond acceptors (Lipinski definition) is 2. The maximum Gasteiger partial charge on any atom is 0.416 e. The number of likely N-dealkylation sites (tertiary alicyclic amines) is 1. The van der Waals surface area contributed by atoms with Crippen molar-refractivity contribution in [3.05, 3.63) is 70.8 Å². The van der Waals surface area contributed by atoms with Crippen LogP contribution in [0.2, 0.25) is 0 Å². The lowest BCUT2D eigenvalue weighted by atomic mass is 9.87. The average molecular weight is 389 g/mol. The number of benzene rings is 2. The van der Waals surface area contributed by atoms with Gasteiger partial charge in [0.1, 0.15) is 0 Å². The van der Waals surface area contributed by atoms with E-state index < -0.39 is 17.3 Å². The molecule has 2 nitrogen and oxygen atoms in total. The van der Waals surface area contributed by atoms with E-state index in [-0.39, 0.29) is 0 Å². The molecule has 1 aliphatic carbocycles. The molecule has 150 valence electrons. The van der Waals surface area contributed by atoms with Gasteiger partial charge in [0.05, 0.1) is 11.2 Å². The molecule has 2 aromatic rings. The van der Waals surface area contributed by atoms with E-state index in [9.17, 15) is 18.3 Å². The Kier molecular flexibility index (Phi) is 5.00. The topological polar surface area (TPSA) is 23.5 Å². The van der Waals surface area contributed by atoms with E-state index in [1.165, 1.54) is 12.1 Å². The summed E-state index contributed by atoms with van der Waals surface area (Å²) in [5.41, 5.74) is 1.58. The Labute approximate surface area is 164 Å². The lowest BCUT2D eigenvalue weighted by Gasteiger charge is -2.28. The lowest BCUT2D eigenvalue weighted by Crippen LogP contribution is -2.30. The van der Waals surface area contributed by atoms with E-state index in [1.54, 1.807) is 6.07 Å². The number of aliphatic hydroxyl groups is 1. The van der Waals surface area contributed by atoms with Crippen LogP contribution in [0.15, 0.2) is 48.5 Å². The zero-order valence-electron chi connectivity index (χ0n) is 16.0. The number of nitrogens with zero attached hydrogens (tertiary/aromatic N) is 1. The molecule has 2 aliphatic rings. The molecule has 3 atom stereocenters. The Morgan fingerprint density at radius 1 is 1.04 bits per heavy atom. The second-order valence-corrected chi connectivity index (χ2v) is 8.48. The number of alkyl halides is 3. The quantitative estimate of drug-likeness (QED) is 0.813. The van der Waals surface area contributed by atoms with Crippen LogP contribution in [-0.4, -0.2) is 29.6 Å². The minimum absolute atomic E-state index is 0.450. The first-order valence-corrected chi connectivity index (χ1v) is 9.91. The van der Waals surface area contributed by atoms with E-state index in [2.05, 4.69) is 4.90 Å². The zero-order chi connectivity index (χ0) is 19.9.